The van der Waals surface area contributed by atoms with Crippen LogP contribution in [0.15, 0.2) is 0 Å². The van der Waals surface area contributed by atoms with Crippen LogP contribution >= 0.6 is 0 Å². The van der Waals surface area contributed by atoms with E-state index in [-0.39, 0.29) is 12.5 Å². The lowest BCUT2D eigenvalue weighted by Crippen LogP contribution is -2.30. The highest BCUT2D eigenvalue weighted by Crippen LogP contribution is 2.10. The van der Waals surface area contributed by atoms with Crippen molar-refractivity contribution in [3.05, 3.63) is 0 Å². The van der Waals surface area contributed by atoms with Gasteiger partial charge in [0.05, 0.1) is 6.61 Å². The molecule has 0 aromatic rings. The summed E-state index contributed by atoms with van der Waals surface area (Å²) in [6.07, 6.45) is 10.7. The molecule has 0 atom stereocenters. The van der Waals surface area contributed by atoms with Gasteiger partial charge in [0.15, 0.2) is 0 Å². The lowest BCUT2D eigenvalue weighted by atomic mass is 10.1. The van der Waals surface area contributed by atoms with Crippen LogP contribution in [0.5, 0.6) is 0 Å². The molecule has 0 bridgehead atoms. The molecule has 0 saturated carbocycles. The van der Waals surface area contributed by atoms with Gasteiger partial charge in [-0.25, -0.2) is 4.79 Å². The maximum Gasteiger partial charge on any atom is 0.413 e. The van der Waals surface area contributed by atoms with Crippen molar-refractivity contribution in [3.63, 3.8) is 0 Å². The van der Waals surface area contributed by atoms with Crippen molar-refractivity contribution in [1.82, 2.24) is 5.32 Å². The lowest BCUT2D eigenvalue weighted by molar-refractivity contribution is -0.120. The number of unbranched alkanes of at least 4 members (excludes halogenated alkanes) is 8. The number of ether oxygens (including phenoxy) is 1. The first-order chi connectivity index (χ1) is 9.20. The molecule has 0 fully saturated rings. The molecule has 0 spiro atoms. The standard InChI is InChI=1S/C15H29NO3/c1-3-5-6-7-8-9-10-11-12-13-14(17)16-15(18)19-4-2/h3-13H2,1-2H3,(H,16,17,18). The van der Waals surface area contributed by atoms with Gasteiger partial charge in [0.2, 0.25) is 5.91 Å². The predicted octanol–water partition coefficient (Wildman–Crippen LogP) is 4.18. The quantitative estimate of drug-likeness (QED) is 0.573. The average Bonchev–Trinajstić information content (AvgIpc) is 2.37. The summed E-state index contributed by atoms with van der Waals surface area (Å²) in [6, 6.07) is 0. The molecule has 0 saturated heterocycles. The second-order valence-electron chi connectivity index (χ2n) is 4.85. The second-order valence-corrected chi connectivity index (χ2v) is 4.85. The van der Waals surface area contributed by atoms with Crippen molar-refractivity contribution < 1.29 is 14.3 Å². The zero-order valence-electron chi connectivity index (χ0n) is 12.5. The number of amides is 2. The number of imide groups is 1. The molecule has 0 unspecified atom stereocenters. The smallest absolute Gasteiger partial charge is 0.413 e. The average molecular weight is 271 g/mol. The second kappa shape index (κ2) is 13.4. The van der Waals surface area contributed by atoms with Crippen LogP contribution in [0.4, 0.5) is 4.79 Å². The zero-order valence-corrected chi connectivity index (χ0v) is 12.5. The third-order valence-electron chi connectivity index (χ3n) is 3.02. The summed E-state index contributed by atoms with van der Waals surface area (Å²) in [7, 11) is 0. The molecule has 0 heterocycles. The number of carbonyl (C=O) groups is 2. The molecule has 0 aliphatic rings. The van der Waals surface area contributed by atoms with Gasteiger partial charge < -0.3 is 4.74 Å². The van der Waals surface area contributed by atoms with Crippen LogP contribution in [-0.4, -0.2) is 18.6 Å². The van der Waals surface area contributed by atoms with E-state index in [0.29, 0.717) is 6.42 Å². The fourth-order valence-corrected chi connectivity index (χ4v) is 1.94. The van der Waals surface area contributed by atoms with E-state index in [1.165, 1.54) is 44.9 Å². The fraction of sp³-hybridized carbons (Fsp3) is 0.867. The minimum absolute atomic E-state index is 0.235. The third-order valence-corrected chi connectivity index (χ3v) is 3.02. The van der Waals surface area contributed by atoms with Crippen LogP contribution < -0.4 is 5.32 Å². The Morgan fingerprint density at radius 3 is 1.89 bits per heavy atom. The monoisotopic (exact) mass is 271 g/mol. The van der Waals surface area contributed by atoms with E-state index in [9.17, 15) is 9.59 Å². The minimum atomic E-state index is -0.636. The Balaban J connectivity index is 3.25. The number of rotatable bonds is 11. The highest BCUT2D eigenvalue weighted by Gasteiger charge is 2.06. The molecule has 0 aliphatic carbocycles. The minimum Gasteiger partial charge on any atom is -0.450 e. The summed E-state index contributed by atoms with van der Waals surface area (Å²) in [5, 5.41) is 2.21. The Labute approximate surface area is 117 Å². The topological polar surface area (TPSA) is 55.4 Å². The first-order valence-electron chi connectivity index (χ1n) is 7.67. The van der Waals surface area contributed by atoms with E-state index in [1.807, 2.05) is 0 Å². The van der Waals surface area contributed by atoms with Crippen molar-refractivity contribution >= 4 is 12.0 Å². The normalized spacial score (nSPS) is 10.2. The Kier molecular flexibility index (Phi) is 12.6. The summed E-state index contributed by atoms with van der Waals surface area (Å²) in [5.74, 6) is -0.235. The summed E-state index contributed by atoms with van der Waals surface area (Å²) in [5.41, 5.74) is 0. The fourth-order valence-electron chi connectivity index (χ4n) is 1.94. The molecule has 112 valence electrons. The van der Waals surface area contributed by atoms with Gasteiger partial charge in [0, 0.05) is 6.42 Å². The highest BCUT2D eigenvalue weighted by atomic mass is 16.5. The first kappa shape index (κ1) is 17.9. The molecule has 19 heavy (non-hydrogen) atoms. The molecule has 0 aliphatic heterocycles. The Hall–Kier alpha value is -1.06. The van der Waals surface area contributed by atoms with E-state index in [4.69, 9.17) is 0 Å². The van der Waals surface area contributed by atoms with E-state index in [2.05, 4.69) is 17.0 Å². The number of nitrogens with one attached hydrogen (secondary N) is 1. The van der Waals surface area contributed by atoms with Gasteiger partial charge >= 0.3 is 6.09 Å². The molecule has 0 aromatic heterocycles. The van der Waals surface area contributed by atoms with Gasteiger partial charge in [0.1, 0.15) is 0 Å². The van der Waals surface area contributed by atoms with Gasteiger partial charge in [-0.3, -0.25) is 10.1 Å². The van der Waals surface area contributed by atoms with Gasteiger partial charge in [-0.2, -0.15) is 0 Å². The summed E-state index contributed by atoms with van der Waals surface area (Å²) < 4.78 is 4.63. The van der Waals surface area contributed by atoms with Gasteiger partial charge in [-0.05, 0) is 13.3 Å². The Morgan fingerprint density at radius 1 is 0.842 bits per heavy atom. The van der Waals surface area contributed by atoms with Crippen molar-refractivity contribution in [1.29, 1.82) is 0 Å². The van der Waals surface area contributed by atoms with Crippen LogP contribution in [0.25, 0.3) is 0 Å². The van der Waals surface area contributed by atoms with Crippen molar-refractivity contribution in [3.8, 4) is 0 Å². The molecule has 4 heteroatoms. The molecule has 2 amide bonds. The summed E-state index contributed by atoms with van der Waals surface area (Å²) in [6.45, 7) is 4.23. The van der Waals surface area contributed by atoms with Gasteiger partial charge in [-0.15, -0.1) is 0 Å². The molecule has 1 N–H and O–H groups in total. The van der Waals surface area contributed by atoms with Crippen LogP contribution in [-0.2, 0) is 9.53 Å². The van der Waals surface area contributed by atoms with Crippen molar-refractivity contribution in [2.24, 2.45) is 0 Å². The van der Waals surface area contributed by atoms with Crippen LogP contribution in [0.3, 0.4) is 0 Å². The summed E-state index contributed by atoms with van der Waals surface area (Å²) >= 11 is 0. The highest BCUT2D eigenvalue weighted by molar-refractivity contribution is 5.91. The van der Waals surface area contributed by atoms with Gasteiger partial charge in [0.25, 0.3) is 0 Å². The molecule has 4 nitrogen and oxygen atoms in total. The number of alkyl carbamates (subject to hydrolysis) is 1. The number of hydrogen-bond donors (Lipinski definition) is 1. The van der Waals surface area contributed by atoms with Crippen molar-refractivity contribution in [2.45, 2.75) is 78.1 Å². The largest absolute Gasteiger partial charge is 0.450 e. The molecular weight excluding hydrogens is 242 g/mol. The van der Waals surface area contributed by atoms with Crippen LogP contribution in [0.1, 0.15) is 78.1 Å². The molecule has 0 radical (unpaired) electrons. The lowest BCUT2D eigenvalue weighted by Gasteiger charge is -2.04. The van der Waals surface area contributed by atoms with E-state index in [1.54, 1.807) is 6.92 Å². The molecular formula is C15H29NO3. The predicted molar refractivity (Wildman–Crippen MR) is 77.0 cm³/mol. The van der Waals surface area contributed by atoms with E-state index >= 15 is 0 Å². The maximum atomic E-state index is 11.3. The maximum absolute atomic E-state index is 11.3. The number of carbonyl (C=O) groups excluding carboxylic acids is 2. The van der Waals surface area contributed by atoms with E-state index in [0.717, 1.165) is 12.8 Å². The first-order valence-corrected chi connectivity index (χ1v) is 7.67. The van der Waals surface area contributed by atoms with E-state index < -0.39 is 6.09 Å². The number of hydrogen-bond acceptors (Lipinski definition) is 3. The van der Waals surface area contributed by atoms with Gasteiger partial charge in [-0.1, -0.05) is 58.3 Å². The Bertz CT molecular complexity index is 242. The summed E-state index contributed by atoms with van der Waals surface area (Å²) in [4.78, 5) is 22.3. The third kappa shape index (κ3) is 13.2. The molecule has 0 aromatic carbocycles. The Morgan fingerprint density at radius 2 is 1.37 bits per heavy atom. The SMILES string of the molecule is CCCCCCCCCCCC(=O)NC(=O)OCC. The van der Waals surface area contributed by atoms with Crippen LogP contribution in [0.2, 0.25) is 0 Å². The van der Waals surface area contributed by atoms with Crippen molar-refractivity contribution in [2.75, 3.05) is 6.61 Å². The van der Waals surface area contributed by atoms with Crippen LogP contribution in [0, 0.1) is 0 Å². The molecule has 0 rings (SSSR count). The zero-order chi connectivity index (χ0) is 14.3.